The highest BCUT2D eigenvalue weighted by atomic mass is 79.9. The topological polar surface area (TPSA) is 40.5 Å². The van der Waals surface area contributed by atoms with E-state index in [9.17, 15) is 9.90 Å². The molecule has 0 aliphatic rings. The summed E-state index contributed by atoms with van der Waals surface area (Å²) in [7, 11) is 1.83. The van der Waals surface area contributed by atoms with Gasteiger partial charge in [-0.3, -0.25) is 9.69 Å². The van der Waals surface area contributed by atoms with Crippen LogP contribution in [0.1, 0.15) is 24.2 Å². The van der Waals surface area contributed by atoms with E-state index in [1.165, 1.54) is 0 Å². The number of ketones is 1. The smallest absolute Gasteiger partial charge is 0.176 e. The van der Waals surface area contributed by atoms with Gasteiger partial charge >= 0.3 is 0 Å². The number of carbonyl (C=O) groups is 1. The van der Waals surface area contributed by atoms with E-state index in [0.717, 1.165) is 4.47 Å². The molecule has 1 rings (SSSR count). The number of halogens is 1. The van der Waals surface area contributed by atoms with Crippen LogP contribution in [0.2, 0.25) is 0 Å². The van der Waals surface area contributed by atoms with Crippen molar-refractivity contribution in [3.05, 3.63) is 34.3 Å². The number of hydrogen-bond acceptors (Lipinski definition) is 3. The minimum Gasteiger partial charge on any atom is -0.389 e. The minimum atomic E-state index is -0.783. The van der Waals surface area contributed by atoms with E-state index in [1.54, 1.807) is 26.0 Å². The highest BCUT2D eigenvalue weighted by Crippen LogP contribution is 2.11. The van der Waals surface area contributed by atoms with E-state index in [2.05, 4.69) is 15.9 Å². The Morgan fingerprint density at radius 3 is 2.35 bits per heavy atom. The van der Waals surface area contributed by atoms with Gasteiger partial charge in [-0.25, -0.2) is 0 Å². The van der Waals surface area contributed by atoms with Gasteiger partial charge in [0, 0.05) is 16.6 Å². The largest absolute Gasteiger partial charge is 0.389 e. The highest BCUT2D eigenvalue weighted by Gasteiger charge is 2.17. The van der Waals surface area contributed by atoms with Gasteiger partial charge in [-0.2, -0.15) is 0 Å². The molecule has 0 aliphatic heterocycles. The van der Waals surface area contributed by atoms with Crippen LogP contribution in [0.25, 0.3) is 0 Å². The quantitative estimate of drug-likeness (QED) is 0.849. The van der Waals surface area contributed by atoms with Gasteiger partial charge in [0.1, 0.15) is 0 Å². The van der Waals surface area contributed by atoms with Crippen LogP contribution in [0.3, 0.4) is 0 Å². The molecule has 0 saturated carbocycles. The molecule has 0 unspecified atom stereocenters. The number of aliphatic hydroxyl groups is 1. The lowest BCUT2D eigenvalue weighted by Crippen LogP contribution is -2.38. The summed E-state index contributed by atoms with van der Waals surface area (Å²) in [5, 5.41) is 9.65. The average Bonchev–Trinajstić information content (AvgIpc) is 2.15. The zero-order valence-electron chi connectivity index (χ0n) is 10.4. The minimum absolute atomic E-state index is 0.0595. The number of carbonyl (C=O) groups excluding carboxylic acids is 1. The molecule has 4 heteroatoms. The molecule has 0 aromatic heterocycles. The van der Waals surface area contributed by atoms with Gasteiger partial charge in [-0.05, 0) is 33.0 Å². The Balaban J connectivity index is 2.57. The standard InChI is InChI=1S/C13H18BrNO2/c1-13(2,17)9-15(3)8-12(16)10-4-6-11(14)7-5-10/h4-7,17H,8-9H2,1-3H3. The number of Topliss-reactive ketones (excluding diaryl/α,β-unsaturated/α-hetero) is 1. The van der Waals surface area contributed by atoms with Crippen LogP contribution in [-0.4, -0.2) is 41.5 Å². The maximum absolute atomic E-state index is 11.9. The first kappa shape index (κ1) is 14.4. The maximum atomic E-state index is 11.9. The van der Waals surface area contributed by atoms with Gasteiger partial charge in [0.15, 0.2) is 5.78 Å². The molecule has 0 heterocycles. The molecule has 0 radical (unpaired) electrons. The second kappa shape index (κ2) is 5.76. The Kier molecular flexibility index (Phi) is 4.86. The molecule has 0 spiro atoms. The first-order valence-corrected chi connectivity index (χ1v) is 6.27. The van der Waals surface area contributed by atoms with Crippen molar-refractivity contribution >= 4 is 21.7 Å². The van der Waals surface area contributed by atoms with E-state index >= 15 is 0 Å². The fourth-order valence-corrected chi connectivity index (χ4v) is 1.95. The summed E-state index contributed by atoms with van der Waals surface area (Å²) in [5.74, 6) is 0.0595. The van der Waals surface area contributed by atoms with Crippen LogP contribution in [0.4, 0.5) is 0 Å². The van der Waals surface area contributed by atoms with E-state index in [-0.39, 0.29) is 5.78 Å². The van der Waals surface area contributed by atoms with Crippen LogP contribution in [0.15, 0.2) is 28.7 Å². The molecule has 94 valence electrons. The van der Waals surface area contributed by atoms with Crippen molar-refractivity contribution in [2.24, 2.45) is 0 Å². The molecule has 1 aromatic carbocycles. The predicted molar refractivity (Wildman–Crippen MR) is 72.3 cm³/mol. The van der Waals surface area contributed by atoms with Gasteiger partial charge in [0.2, 0.25) is 0 Å². The van der Waals surface area contributed by atoms with E-state index in [4.69, 9.17) is 0 Å². The van der Waals surface area contributed by atoms with E-state index in [1.807, 2.05) is 24.1 Å². The van der Waals surface area contributed by atoms with Gasteiger partial charge in [0.25, 0.3) is 0 Å². The van der Waals surface area contributed by atoms with Crippen LogP contribution in [0.5, 0.6) is 0 Å². The molecule has 0 aliphatic carbocycles. The molecule has 0 amide bonds. The summed E-state index contributed by atoms with van der Waals surface area (Å²) in [4.78, 5) is 13.7. The lowest BCUT2D eigenvalue weighted by atomic mass is 10.1. The molecule has 17 heavy (non-hydrogen) atoms. The van der Waals surface area contributed by atoms with Crippen molar-refractivity contribution in [3.63, 3.8) is 0 Å². The van der Waals surface area contributed by atoms with Crippen molar-refractivity contribution in [2.45, 2.75) is 19.4 Å². The SMILES string of the molecule is CN(CC(=O)c1ccc(Br)cc1)CC(C)(C)O. The molecule has 0 atom stereocenters. The fraction of sp³-hybridized carbons (Fsp3) is 0.462. The molecule has 3 nitrogen and oxygen atoms in total. The monoisotopic (exact) mass is 299 g/mol. The van der Waals surface area contributed by atoms with Crippen LogP contribution < -0.4 is 0 Å². The number of rotatable bonds is 5. The Morgan fingerprint density at radius 1 is 1.35 bits per heavy atom. The molecular weight excluding hydrogens is 282 g/mol. The zero-order chi connectivity index (χ0) is 13.1. The van der Waals surface area contributed by atoms with Crippen LogP contribution >= 0.6 is 15.9 Å². The van der Waals surface area contributed by atoms with Gasteiger partial charge < -0.3 is 5.11 Å². The molecule has 1 N–H and O–H groups in total. The Bertz CT molecular complexity index is 381. The van der Waals surface area contributed by atoms with Crippen molar-refractivity contribution in [2.75, 3.05) is 20.1 Å². The average molecular weight is 300 g/mol. The Hall–Kier alpha value is -0.710. The van der Waals surface area contributed by atoms with Crippen LogP contribution in [0, 0.1) is 0 Å². The summed E-state index contributed by atoms with van der Waals surface area (Å²) in [5.41, 5.74) is -0.0924. The van der Waals surface area contributed by atoms with Gasteiger partial charge in [0.05, 0.1) is 12.1 Å². The first-order valence-electron chi connectivity index (χ1n) is 5.47. The van der Waals surface area contributed by atoms with Crippen molar-refractivity contribution < 1.29 is 9.90 Å². The predicted octanol–water partition coefficient (Wildman–Crippen LogP) is 2.33. The third kappa shape index (κ3) is 5.44. The van der Waals surface area contributed by atoms with Gasteiger partial charge in [-0.1, -0.05) is 28.1 Å². The molecule has 0 saturated heterocycles. The maximum Gasteiger partial charge on any atom is 0.176 e. The molecule has 0 bridgehead atoms. The number of likely N-dealkylation sites (N-methyl/N-ethyl adjacent to an activating group) is 1. The second-order valence-electron chi connectivity index (χ2n) is 4.91. The van der Waals surface area contributed by atoms with Gasteiger partial charge in [-0.15, -0.1) is 0 Å². The second-order valence-corrected chi connectivity index (χ2v) is 5.83. The first-order chi connectivity index (χ1) is 7.78. The normalized spacial score (nSPS) is 11.9. The molecular formula is C13H18BrNO2. The lowest BCUT2D eigenvalue weighted by Gasteiger charge is -2.24. The van der Waals surface area contributed by atoms with Crippen molar-refractivity contribution in [3.8, 4) is 0 Å². The zero-order valence-corrected chi connectivity index (χ0v) is 12.0. The van der Waals surface area contributed by atoms with Crippen molar-refractivity contribution in [1.82, 2.24) is 4.90 Å². The van der Waals surface area contributed by atoms with Crippen molar-refractivity contribution in [1.29, 1.82) is 0 Å². The number of nitrogens with zero attached hydrogens (tertiary/aromatic N) is 1. The highest BCUT2D eigenvalue weighted by molar-refractivity contribution is 9.10. The van der Waals surface area contributed by atoms with Crippen LogP contribution in [-0.2, 0) is 0 Å². The Morgan fingerprint density at radius 2 is 1.88 bits per heavy atom. The third-order valence-electron chi connectivity index (χ3n) is 2.24. The summed E-state index contributed by atoms with van der Waals surface area (Å²) in [6, 6.07) is 7.29. The summed E-state index contributed by atoms with van der Waals surface area (Å²) >= 11 is 3.33. The number of benzene rings is 1. The summed E-state index contributed by atoms with van der Waals surface area (Å²) in [6.07, 6.45) is 0. The summed E-state index contributed by atoms with van der Waals surface area (Å²) in [6.45, 7) is 4.24. The fourth-order valence-electron chi connectivity index (χ4n) is 1.69. The number of hydrogen-bond donors (Lipinski definition) is 1. The van der Waals surface area contributed by atoms with E-state index < -0.39 is 5.60 Å². The lowest BCUT2D eigenvalue weighted by molar-refractivity contribution is 0.0439. The Labute approximate surface area is 111 Å². The van der Waals surface area contributed by atoms with E-state index in [0.29, 0.717) is 18.7 Å². The molecule has 0 fully saturated rings. The molecule has 1 aromatic rings. The third-order valence-corrected chi connectivity index (χ3v) is 2.77. The summed E-state index contributed by atoms with van der Waals surface area (Å²) < 4.78 is 0.957.